The van der Waals surface area contributed by atoms with Gasteiger partial charge in [0.05, 0.1) is 18.4 Å². The van der Waals surface area contributed by atoms with Gasteiger partial charge in [-0.3, -0.25) is 0 Å². The van der Waals surface area contributed by atoms with Crippen LogP contribution in [0.2, 0.25) is 0 Å². The Hall–Kier alpha value is -1.58. The van der Waals surface area contributed by atoms with Crippen LogP contribution in [-0.2, 0) is 4.74 Å². The van der Waals surface area contributed by atoms with Crippen LogP contribution in [0.15, 0.2) is 18.2 Å². The van der Waals surface area contributed by atoms with E-state index in [-0.39, 0.29) is 5.82 Å². The van der Waals surface area contributed by atoms with Crippen LogP contribution in [0.3, 0.4) is 0 Å². The fourth-order valence-corrected chi connectivity index (χ4v) is 1.16. The normalized spacial score (nSPS) is 9.71. The van der Waals surface area contributed by atoms with Crippen molar-refractivity contribution in [2.75, 3.05) is 26.1 Å². The topological polar surface area (TPSA) is 29.5 Å². The van der Waals surface area contributed by atoms with E-state index in [9.17, 15) is 9.18 Å². The molecule has 0 saturated carbocycles. The summed E-state index contributed by atoms with van der Waals surface area (Å²) in [6.45, 7) is 0. The summed E-state index contributed by atoms with van der Waals surface area (Å²) in [7, 11) is 4.77. The van der Waals surface area contributed by atoms with Crippen LogP contribution in [0.5, 0.6) is 0 Å². The first-order valence-electron chi connectivity index (χ1n) is 4.11. The number of esters is 1. The van der Waals surface area contributed by atoms with Crippen molar-refractivity contribution >= 4 is 11.7 Å². The monoisotopic (exact) mass is 197 g/mol. The van der Waals surface area contributed by atoms with Gasteiger partial charge in [0.25, 0.3) is 0 Å². The minimum atomic E-state index is -0.464. The molecule has 0 spiro atoms. The first kappa shape index (κ1) is 10.5. The van der Waals surface area contributed by atoms with Crippen molar-refractivity contribution in [3.8, 4) is 0 Å². The fourth-order valence-electron chi connectivity index (χ4n) is 1.16. The van der Waals surface area contributed by atoms with Gasteiger partial charge in [0.2, 0.25) is 0 Å². The van der Waals surface area contributed by atoms with Crippen molar-refractivity contribution in [2.45, 2.75) is 0 Å². The van der Waals surface area contributed by atoms with Crippen LogP contribution in [-0.4, -0.2) is 27.2 Å². The molecule has 1 rings (SSSR count). The average molecular weight is 197 g/mol. The zero-order chi connectivity index (χ0) is 10.7. The van der Waals surface area contributed by atoms with Crippen molar-refractivity contribution in [1.29, 1.82) is 0 Å². The lowest BCUT2D eigenvalue weighted by atomic mass is 10.1. The summed E-state index contributed by atoms with van der Waals surface area (Å²) >= 11 is 0. The highest BCUT2D eigenvalue weighted by Crippen LogP contribution is 2.20. The number of halogens is 1. The van der Waals surface area contributed by atoms with Gasteiger partial charge in [0, 0.05) is 14.1 Å². The van der Waals surface area contributed by atoms with Crippen LogP contribution in [0.1, 0.15) is 10.4 Å². The van der Waals surface area contributed by atoms with Crippen molar-refractivity contribution in [1.82, 2.24) is 0 Å². The second-order valence-corrected chi connectivity index (χ2v) is 3.05. The van der Waals surface area contributed by atoms with Gasteiger partial charge in [-0.15, -0.1) is 0 Å². The highest BCUT2D eigenvalue weighted by molar-refractivity contribution is 5.95. The lowest BCUT2D eigenvalue weighted by Crippen LogP contribution is -2.15. The number of methoxy groups -OCH3 is 1. The quantitative estimate of drug-likeness (QED) is 0.675. The molecule has 0 fully saturated rings. The molecule has 76 valence electrons. The number of hydrogen-bond acceptors (Lipinski definition) is 3. The van der Waals surface area contributed by atoms with Gasteiger partial charge in [-0.2, -0.15) is 0 Å². The minimum absolute atomic E-state index is 0.360. The summed E-state index contributed by atoms with van der Waals surface area (Å²) in [6, 6.07) is 3.95. The largest absolute Gasteiger partial charge is 0.465 e. The molecule has 0 atom stereocenters. The SMILES string of the molecule is COC(=O)c1ccc(F)cc1N(C)C. The number of carbonyl (C=O) groups is 1. The Kier molecular flexibility index (Phi) is 3.06. The third-order valence-corrected chi connectivity index (χ3v) is 1.85. The molecule has 0 aliphatic rings. The number of benzene rings is 1. The predicted molar refractivity (Wildman–Crippen MR) is 52.1 cm³/mol. The van der Waals surface area contributed by atoms with Crippen LogP contribution < -0.4 is 4.90 Å². The molecular formula is C10H12FNO2. The van der Waals surface area contributed by atoms with E-state index in [2.05, 4.69) is 4.74 Å². The Labute approximate surface area is 82.1 Å². The van der Waals surface area contributed by atoms with E-state index < -0.39 is 5.97 Å². The Morgan fingerprint density at radius 2 is 2.07 bits per heavy atom. The molecule has 0 amide bonds. The Bertz CT molecular complexity index is 350. The molecule has 0 unspecified atom stereocenters. The molecule has 0 N–H and O–H groups in total. The highest BCUT2D eigenvalue weighted by atomic mass is 19.1. The van der Waals surface area contributed by atoms with Gasteiger partial charge in [0.1, 0.15) is 5.82 Å². The fraction of sp³-hybridized carbons (Fsp3) is 0.300. The summed E-state index contributed by atoms with van der Waals surface area (Å²) in [5, 5.41) is 0. The molecule has 1 aromatic carbocycles. The van der Waals surface area contributed by atoms with Gasteiger partial charge in [-0.05, 0) is 18.2 Å². The number of rotatable bonds is 2. The van der Waals surface area contributed by atoms with Crippen molar-refractivity contribution in [3.63, 3.8) is 0 Å². The maximum atomic E-state index is 12.9. The van der Waals surface area contributed by atoms with E-state index in [0.29, 0.717) is 11.3 Å². The second kappa shape index (κ2) is 4.09. The van der Waals surface area contributed by atoms with Crippen molar-refractivity contribution in [2.24, 2.45) is 0 Å². The van der Waals surface area contributed by atoms with E-state index in [1.807, 2.05) is 0 Å². The molecule has 0 heterocycles. The van der Waals surface area contributed by atoms with E-state index in [4.69, 9.17) is 0 Å². The molecule has 0 bridgehead atoms. The van der Waals surface area contributed by atoms with E-state index in [1.54, 1.807) is 19.0 Å². The highest BCUT2D eigenvalue weighted by Gasteiger charge is 2.13. The number of ether oxygens (including phenoxy) is 1. The molecule has 0 saturated heterocycles. The Morgan fingerprint density at radius 1 is 1.43 bits per heavy atom. The second-order valence-electron chi connectivity index (χ2n) is 3.05. The maximum Gasteiger partial charge on any atom is 0.339 e. The molecule has 1 aromatic rings. The van der Waals surface area contributed by atoms with Crippen LogP contribution in [0.25, 0.3) is 0 Å². The molecule has 3 nitrogen and oxygen atoms in total. The molecular weight excluding hydrogens is 185 g/mol. The average Bonchev–Trinajstić information content (AvgIpc) is 2.16. The van der Waals surface area contributed by atoms with Crippen LogP contribution in [0, 0.1) is 5.82 Å². The summed E-state index contributed by atoms with van der Waals surface area (Å²) in [5.41, 5.74) is 0.871. The third kappa shape index (κ3) is 2.02. The first-order chi connectivity index (χ1) is 6.56. The zero-order valence-corrected chi connectivity index (χ0v) is 8.37. The lowest BCUT2D eigenvalue weighted by molar-refractivity contribution is 0.0601. The summed E-state index contributed by atoms with van der Waals surface area (Å²) < 4.78 is 17.5. The van der Waals surface area contributed by atoms with E-state index in [1.165, 1.54) is 25.3 Å². The molecule has 0 radical (unpaired) electrons. The smallest absolute Gasteiger partial charge is 0.339 e. The van der Waals surface area contributed by atoms with Gasteiger partial charge < -0.3 is 9.64 Å². The summed E-state index contributed by atoms with van der Waals surface area (Å²) in [5.74, 6) is -0.838. The van der Waals surface area contributed by atoms with Crippen molar-refractivity contribution in [3.05, 3.63) is 29.6 Å². The Morgan fingerprint density at radius 3 is 2.57 bits per heavy atom. The molecule has 0 aromatic heterocycles. The first-order valence-corrected chi connectivity index (χ1v) is 4.11. The molecule has 4 heteroatoms. The Balaban J connectivity index is 3.21. The van der Waals surface area contributed by atoms with Crippen molar-refractivity contribution < 1.29 is 13.9 Å². The van der Waals surface area contributed by atoms with Gasteiger partial charge >= 0.3 is 5.97 Å². The summed E-state index contributed by atoms with van der Waals surface area (Å²) in [6.07, 6.45) is 0. The van der Waals surface area contributed by atoms with Gasteiger partial charge in [-0.25, -0.2) is 9.18 Å². The molecule has 0 aliphatic heterocycles. The number of anilines is 1. The maximum absolute atomic E-state index is 12.9. The summed E-state index contributed by atoms with van der Waals surface area (Å²) in [4.78, 5) is 12.9. The predicted octanol–water partition coefficient (Wildman–Crippen LogP) is 1.68. The number of carbonyl (C=O) groups excluding carboxylic acids is 1. The standard InChI is InChI=1S/C10H12FNO2/c1-12(2)9-6-7(11)4-5-8(9)10(13)14-3/h4-6H,1-3H3. The number of nitrogens with zero attached hydrogens (tertiary/aromatic N) is 1. The van der Waals surface area contributed by atoms with E-state index in [0.717, 1.165) is 0 Å². The van der Waals surface area contributed by atoms with Gasteiger partial charge in [-0.1, -0.05) is 0 Å². The van der Waals surface area contributed by atoms with Crippen LogP contribution >= 0.6 is 0 Å². The van der Waals surface area contributed by atoms with E-state index >= 15 is 0 Å². The molecule has 14 heavy (non-hydrogen) atoms. The number of hydrogen-bond donors (Lipinski definition) is 0. The third-order valence-electron chi connectivity index (χ3n) is 1.85. The lowest BCUT2D eigenvalue weighted by Gasteiger charge is -2.15. The minimum Gasteiger partial charge on any atom is -0.465 e. The van der Waals surface area contributed by atoms with Gasteiger partial charge in [0.15, 0.2) is 0 Å². The van der Waals surface area contributed by atoms with Crippen LogP contribution in [0.4, 0.5) is 10.1 Å². The molecule has 0 aliphatic carbocycles. The zero-order valence-electron chi connectivity index (χ0n) is 8.37.